The highest BCUT2D eigenvalue weighted by Crippen LogP contribution is 2.33. The highest BCUT2D eigenvalue weighted by molar-refractivity contribution is 5.97. The van der Waals surface area contributed by atoms with Crippen molar-refractivity contribution < 1.29 is 29.3 Å². The predicted octanol–water partition coefficient (Wildman–Crippen LogP) is 3.85. The number of carbonyl (C=O) groups is 2. The first kappa shape index (κ1) is 33.3. The Morgan fingerprint density at radius 3 is 1.59 bits per heavy atom. The first-order valence-corrected chi connectivity index (χ1v) is 13.4. The Labute approximate surface area is 255 Å². The Morgan fingerprint density at radius 2 is 1.14 bits per heavy atom. The minimum atomic E-state index is -1.09. The summed E-state index contributed by atoms with van der Waals surface area (Å²) in [6, 6.07) is 13.7. The van der Waals surface area contributed by atoms with Gasteiger partial charge in [-0.1, -0.05) is 18.2 Å². The van der Waals surface area contributed by atoms with E-state index in [4.69, 9.17) is 22.9 Å². The standard InChI is InChI=1S/C17H23N3O2.C15H15N3O4/c1-16(2,21)12-6-5-10(7-13(12)18)11-8-14(19)15(20-9-11)17(3,4)22;1-21-14(19)10-4-3-8(5-11(10)16)9-6-12(17)13(18-7-9)15(20)22-2/h5-9,21-22H,18-19H2,1-4H3;3-7H,16-17H2,1-2H3. The lowest BCUT2D eigenvalue weighted by Gasteiger charge is -2.21. The van der Waals surface area contributed by atoms with E-state index in [-0.39, 0.29) is 22.6 Å². The van der Waals surface area contributed by atoms with Crippen molar-refractivity contribution in [2.24, 2.45) is 0 Å². The van der Waals surface area contributed by atoms with Crippen molar-refractivity contribution in [2.45, 2.75) is 38.9 Å². The van der Waals surface area contributed by atoms with E-state index in [9.17, 15) is 19.8 Å². The van der Waals surface area contributed by atoms with Crippen LogP contribution in [0.25, 0.3) is 22.3 Å². The fourth-order valence-corrected chi connectivity index (χ4v) is 4.40. The first-order chi connectivity index (χ1) is 20.5. The molecule has 0 spiro atoms. The molecule has 0 saturated heterocycles. The maximum atomic E-state index is 11.5. The molecule has 0 saturated carbocycles. The van der Waals surface area contributed by atoms with Gasteiger partial charge in [-0.2, -0.15) is 0 Å². The van der Waals surface area contributed by atoms with E-state index in [1.807, 2.05) is 6.07 Å². The van der Waals surface area contributed by atoms with Crippen LogP contribution in [-0.2, 0) is 20.7 Å². The third-order valence-electron chi connectivity index (χ3n) is 6.63. The summed E-state index contributed by atoms with van der Waals surface area (Å²) < 4.78 is 9.22. The molecule has 2 aromatic heterocycles. The zero-order valence-corrected chi connectivity index (χ0v) is 25.5. The largest absolute Gasteiger partial charge is 0.465 e. The summed E-state index contributed by atoms with van der Waals surface area (Å²) in [6.45, 7) is 6.66. The number of ether oxygens (including phenoxy) is 2. The molecule has 0 aliphatic rings. The molecular weight excluding hydrogens is 564 g/mol. The van der Waals surface area contributed by atoms with Crippen molar-refractivity contribution in [1.29, 1.82) is 0 Å². The lowest BCUT2D eigenvalue weighted by molar-refractivity contribution is 0.0589. The van der Waals surface area contributed by atoms with Crippen LogP contribution in [0, 0.1) is 0 Å². The molecular formula is C32H38N6O6. The number of carbonyl (C=O) groups excluding carboxylic acids is 2. The fourth-order valence-electron chi connectivity index (χ4n) is 4.40. The van der Waals surface area contributed by atoms with E-state index < -0.39 is 23.1 Å². The number of hydrogen-bond acceptors (Lipinski definition) is 12. The number of aliphatic hydroxyl groups is 2. The number of benzene rings is 2. The normalized spacial score (nSPS) is 11.3. The van der Waals surface area contributed by atoms with Gasteiger partial charge in [0.15, 0.2) is 5.69 Å². The van der Waals surface area contributed by atoms with E-state index in [1.165, 1.54) is 20.4 Å². The van der Waals surface area contributed by atoms with Gasteiger partial charge in [-0.05, 0) is 69.2 Å². The van der Waals surface area contributed by atoms with Gasteiger partial charge in [-0.3, -0.25) is 4.98 Å². The van der Waals surface area contributed by atoms with Crippen LogP contribution in [0.5, 0.6) is 0 Å². The van der Waals surface area contributed by atoms with Gasteiger partial charge in [0.2, 0.25) is 0 Å². The number of nitrogens with zero attached hydrogens (tertiary/aromatic N) is 2. The Kier molecular flexibility index (Phi) is 9.82. The summed E-state index contributed by atoms with van der Waals surface area (Å²) in [6.07, 6.45) is 3.14. The molecule has 2 heterocycles. The summed E-state index contributed by atoms with van der Waals surface area (Å²) in [7, 11) is 2.54. The first-order valence-electron chi connectivity index (χ1n) is 13.4. The molecule has 12 heteroatoms. The summed E-state index contributed by atoms with van der Waals surface area (Å²) in [5, 5.41) is 20.1. The third kappa shape index (κ3) is 7.60. The third-order valence-corrected chi connectivity index (χ3v) is 6.63. The summed E-state index contributed by atoms with van der Waals surface area (Å²) in [5.41, 5.74) is 27.5. The van der Waals surface area contributed by atoms with E-state index in [1.54, 1.807) is 76.4 Å². The second-order valence-corrected chi connectivity index (χ2v) is 11.0. The van der Waals surface area contributed by atoms with Crippen molar-refractivity contribution in [2.75, 3.05) is 37.2 Å². The van der Waals surface area contributed by atoms with Crippen LogP contribution in [-0.4, -0.2) is 46.3 Å². The average molecular weight is 603 g/mol. The van der Waals surface area contributed by atoms with Crippen molar-refractivity contribution in [3.8, 4) is 22.3 Å². The second kappa shape index (κ2) is 13.0. The van der Waals surface area contributed by atoms with Crippen molar-refractivity contribution in [3.63, 3.8) is 0 Å². The van der Waals surface area contributed by atoms with Crippen molar-refractivity contribution >= 4 is 34.7 Å². The van der Waals surface area contributed by atoms with E-state index in [2.05, 4.69) is 19.4 Å². The average Bonchev–Trinajstić information content (AvgIpc) is 2.95. The van der Waals surface area contributed by atoms with Gasteiger partial charge in [0, 0.05) is 40.5 Å². The zero-order chi connectivity index (χ0) is 33.0. The highest BCUT2D eigenvalue weighted by Gasteiger charge is 2.22. The lowest BCUT2D eigenvalue weighted by Crippen LogP contribution is -2.19. The minimum absolute atomic E-state index is 0.0467. The smallest absolute Gasteiger partial charge is 0.358 e. The van der Waals surface area contributed by atoms with E-state index in [0.29, 0.717) is 33.8 Å². The van der Waals surface area contributed by atoms with Crippen molar-refractivity contribution in [3.05, 3.63) is 83.4 Å². The van der Waals surface area contributed by atoms with Crippen molar-refractivity contribution in [1.82, 2.24) is 9.97 Å². The van der Waals surface area contributed by atoms with Crippen LogP contribution in [0.1, 0.15) is 59.8 Å². The quantitative estimate of drug-likeness (QED) is 0.137. The fraction of sp³-hybridized carbons (Fsp3) is 0.250. The number of hydrogen-bond donors (Lipinski definition) is 6. The molecule has 12 nitrogen and oxygen atoms in total. The van der Waals surface area contributed by atoms with Crippen LogP contribution in [0.4, 0.5) is 22.7 Å². The Hall–Kier alpha value is -5.20. The predicted molar refractivity (Wildman–Crippen MR) is 170 cm³/mol. The van der Waals surface area contributed by atoms with Gasteiger partial charge >= 0.3 is 11.9 Å². The molecule has 0 aliphatic carbocycles. The molecule has 10 N–H and O–H groups in total. The van der Waals surface area contributed by atoms with Gasteiger partial charge in [0.1, 0.15) is 5.60 Å². The molecule has 4 rings (SSSR count). The van der Waals surface area contributed by atoms with Gasteiger partial charge in [-0.25, -0.2) is 14.6 Å². The summed E-state index contributed by atoms with van der Waals surface area (Å²) in [4.78, 5) is 31.2. The minimum Gasteiger partial charge on any atom is -0.465 e. The van der Waals surface area contributed by atoms with Crippen LogP contribution in [0.2, 0.25) is 0 Å². The number of aromatic nitrogens is 2. The number of methoxy groups -OCH3 is 2. The molecule has 0 amide bonds. The van der Waals surface area contributed by atoms with Gasteiger partial charge < -0.3 is 42.6 Å². The van der Waals surface area contributed by atoms with Gasteiger partial charge in [0.05, 0.1) is 42.5 Å². The summed E-state index contributed by atoms with van der Waals surface area (Å²) in [5.74, 6) is -1.12. The number of anilines is 4. The molecule has 232 valence electrons. The Bertz CT molecular complexity index is 1570. The lowest BCUT2D eigenvalue weighted by atomic mass is 9.93. The topological polar surface area (TPSA) is 223 Å². The number of nitrogen functional groups attached to an aromatic ring is 4. The highest BCUT2D eigenvalue weighted by atomic mass is 16.5. The maximum Gasteiger partial charge on any atom is 0.358 e. The SMILES string of the molecule is CC(C)(O)c1ccc(-c2cnc(C(C)(C)O)c(N)c2)cc1N.COC(=O)c1ccc(-c2cnc(C(=O)OC)c(N)c2)cc1N. The molecule has 2 aromatic carbocycles. The van der Waals surface area contributed by atoms with Crippen LogP contribution in [0.3, 0.4) is 0 Å². The monoisotopic (exact) mass is 602 g/mol. The molecule has 0 aliphatic heterocycles. The van der Waals surface area contributed by atoms with Crippen LogP contribution >= 0.6 is 0 Å². The summed E-state index contributed by atoms with van der Waals surface area (Å²) >= 11 is 0. The second-order valence-electron chi connectivity index (χ2n) is 11.0. The number of nitrogens with two attached hydrogens (primary N) is 4. The van der Waals surface area contributed by atoms with Gasteiger partial charge in [0.25, 0.3) is 0 Å². The number of rotatable bonds is 6. The zero-order valence-electron chi connectivity index (χ0n) is 25.5. The Balaban J connectivity index is 0.000000240. The molecule has 0 unspecified atom stereocenters. The van der Waals surface area contributed by atoms with E-state index in [0.717, 1.165) is 11.1 Å². The molecule has 0 fully saturated rings. The number of esters is 2. The molecule has 44 heavy (non-hydrogen) atoms. The molecule has 0 bridgehead atoms. The van der Waals surface area contributed by atoms with Crippen LogP contribution < -0.4 is 22.9 Å². The Morgan fingerprint density at radius 1 is 0.636 bits per heavy atom. The van der Waals surface area contributed by atoms with Crippen LogP contribution in [0.15, 0.2) is 60.9 Å². The maximum absolute atomic E-state index is 11.5. The number of pyridine rings is 2. The molecule has 0 atom stereocenters. The molecule has 4 aromatic rings. The van der Waals surface area contributed by atoms with Gasteiger partial charge in [-0.15, -0.1) is 0 Å². The molecule has 0 radical (unpaired) electrons. The van der Waals surface area contributed by atoms with E-state index >= 15 is 0 Å².